The van der Waals surface area contributed by atoms with E-state index in [1.54, 1.807) is 12.3 Å². The van der Waals surface area contributed by atoms with Gasteiger partial charge < -0.3 is 15.5 Å². The van der Waals surface area contributed by atoms with Gasteiger partial charge in [-0.3, -0.25) is 4.79 Å². The molecular formula is C22H30N4O. The maximum absolute atomic E-state index is 12.4. The molecule has 1 aromatic heterocycles. The molecule has 1 aliphatic heterocycles. The quantitative estimate of drug-likeness (QED) is 0.772. The van der Waals surface area contributed by atoms with Crippen LogP contribution in [-0.2, 0) is 0 Å². The highest BCUT2D eigenvalue weighted by Crippen LogP contribution is 2.24. The van der Waals surface area contributed by atoms with Gasteiger partial charge >= 0.3 is 0 Å². The Balaban J connectivity index is 1.57. The van der Waals surface area contributed by atoms with E-state index in [4.69, 9.17) is 0 Å². The van der Waals surface area contributed by atoms with Crippen molar-refractivity contribution in [3.05, 3.63) is 48.2 Å². The summed E-state index contributed by atoms with van der Waals surface area (Å²) in [5.74, 6) is 1.47. The summed E-state index contributed by atoms with van der Waals surface area (Å²) >= 11 is 0. The predicted octanol–water partition coefficient (Wildman–Crippen LogP) is 4.78. The number of hydrogen-bond acceptors (Lipinski definition) is 4. The Labute approximate surface area is 162 Å². The summed E-state index contributed by atoms with van der Waals surface area (Å²) in [6, 6.07) is 12.1. The van der Waals surface area contributed by atoms with Gasteiger partial charge in [0, 0.05) is 36.7 Å². The summed E-state index contributed by atoms with van der Waals surface area (Å²) in [5.41, 5.74) is 2.58. The van der Waals surface area contributed by atoms with Crippen LogP contribution in [0.1, 0.15) is 50.4 Å². The molecule has 144 valence electrons. The Morgan fingerprint density at radius 3 is 2.48 bits per heavy atom. The summed E-state index contributed by atoms with van der Waals surface area (Å²) in [7, 11) is 0. The van der Waals surface area contributed by atoms with Crippen LogP contribution in [0.15, 0.2) is 42.6 Å². The number of pyridine rings is 1. The number of nitrogens with one attached hydrogen (secondary N) is 2. The van der Waals surface area contributed by atoms with Crippen molar-refractivity contribution in [2.75, 3.05) is 28.6 Å². The van der Waals surface area contributed by atoms with E-state index in [1.807, 2.05) is 18.2 Å². The van der Waals surface area contributed by atoms with Gasteiger partial charge in [0.2, 0.25) is 0 Å². The number of aromatic nitrogens is 1. The van der Waals surface area contributed by atoms with Gasteiger partial charge in [-0.15, -0.1) is 0 Å². The molecule has 0 bridgehead atoms. The number of hydrogen-bond donors (Lipinski definition) is 2. The molecule has 1 aliphatic rings. The highest BCUT2D eigenvalue weighted by Gasteiger charge is 2.16. The molecule has 1 saturated heterocycles. The number of benzene rings is 1. The first-order valence-electron chi connectivity index (χ1n) is 9.94. The van der Waals surface area contributed by atoms with Crippen LogP contribution < -0.4 is 15.5 Å². The zero-order chi connectivity index (χ0) is 19.2. The molecule has 5 heteroatoms. The molecular weight excluding hydrogens is 336 g/mol. The molecule has 0 aliphatic carbocycles. The average Bonchev–Trinajstić information content (AvgIpc) is 2.69. The van der Waals surface area contributed by atoms with Crippen LogP contribution in [0.5, 0.6) is 0 Å². The lowest BCUT2D eigenvalue weighted by Crippen LogP contribution is -2.32. The first-order chi connectivity index (χ1) is 13.0. The second kappa shape index (κ2) is 8.89. The molecule has 3 rings (SSSR count). The maximum Gasteiger partial charge on any atom is 0.257 e. The number of piperidine rings is 1. The summed E-state index contributed by atoms with van der Waals surface area (Å²) in [5, 5.41) is 6.25. The van der Waals surface area contributed by atoms with E-state index in [2.05, 4.69) is 53.4 Å². The number of nitrogens with zero attached hydrogens (tertiary/aromatic N) is 2. The lowest BCUT2D eigenvalue weighted by atomic mass is 9.99. The van der Waals surface area contributed by atoms with Gasteiger partial charge in [0.05, 0.1) is 5.56 Å². The third kappa shape index (κ3) is 5.22. The second-order valence-corrected chi connectivity index (χ2v) is 7.56. The maximum atomic E-state index is 12.4. The van der Waals surface area contributed by atoms with Gasteiger partial charge in [-0.1, -0.05) is 13.8 Å². The van der Waals surface area contributed by atoms with Gasteiger partial charge in [-0.05, 0) is 68.5 Å². The molecule has 0 saturated carbocycles. The van der Waals surface area contributed by atoms with Crippen molar-refractivity contribution < 1.29 is 4.79 Å². The van der Waals surface area contributed by atoms with Crippen molar-refractivity contribution in [1.29, 1.82) is 0 Å². The molecule has 2 N–H and O–H groups in total. The van der Waals surface area contributed by atoms with Crippen molar-refractivity contribution in [2.45, 2.75) is 46.1 Å². The average molecular weight is 367 g/mol. The van der Waals surface area contributed by atoms with Crippen molar-refractivity contribution in [2.24, 2.45) is 5.92 Å². The van der Waals surface area contributed by atoms with Crippen LogP contribution in [0.3, 0.4) is 0 Å². The normalized spacial score (nSPS) is 16.0. The number of amides is 1. The number of rotatable bonds is 6. The van der Waals surface area contributed by atoms with Crippen LogP contribution >= 0.6 is 0 Å². The van der Waals surface area contributed by atoms with Crippen molar-refractivity contribution in [3.8, 4) is 0 Å². The predicted molar refractivity (Wildman–Crippen MR) is 113 cm³/mol. The summed E-state index contributed by atoms with van der Waals surface area (Å²) < 4.78 is 0. The Bertz CT molecular complexity index is 734. The Hall–Kier alpha value is -2.56. The van der Waals surface area contributed by atoms with Crippen LogP contribution in [0.25, 0.3) is 0 Å². The summed E-state index contributed by atoms with van der Waals surface area (Å²) in [6.45, 7) is 8.76. The first kappa shape index (κ1) is 19.2. The first-order valence-corrected chi connectivity index (χ1v) is 9.94. The second-order valence-electron chi connectivity index (χ2n) is 7.56. The minimum absolute atomic E-state index is 0.142. The molecule has 1 fully saturated rings. The molecule has 1 amide bonds. The fourth-order valence-electron chi connectivity index (χ4n) is 3.19. The van der Waals surface area contributed by atoms with E-state index in [9.17, 15) is 4.79 Å². The molecule has 0 spiro atoms. The van der Waals surface area contributed by atoms with Gasteiger partial charge in [0.25, 0.3) is 5.91 Å². The van der Waals surface area contributed by atoms with E-state index in [1.165, 1.54) is 18.5 Å². The highest BCUT2D eigenvalue weighted by molar-refractivity contribution is 6.04. The monoisotopic (exact) mass is 366 g/mol. The van der Waals surface area contributed by atoms with E-state index in [-0.39, 0.29) is 5.91 Å². The molecule has 1 atom stereocenters. The van der Waals surface area contributed by atoms with Gasteiger partial charge in [0.15, 0.2) is 0 Å². The lowest BCUT2D eigenvalue weighted by Gasteiger charge is -2.32. The lowest BCUT2D eigenvalue weighted by molar-refractivity contribution is 0.102. The third-order valence-electron chi connectivity index (χ3n) is 5.31. The van der Waals surface area contributed by atoms with E-state index >= 15 is 0 Å². The van der Waals surface area contributed by atoms with Crippen molar-refractivity contribution in [3.63, 3.8) is 0 Å². The topological polar surface area (TPSA) is 57.3 Å². The highest BCUT2D eigenvalue weighted by atomic mass is 16.1. The summed E-state index contributed by atoms with van der Waals surface area (Å²) in [6.07, 6.45) is 5.13. The number of carbonyl (C=O) groups is 1. The van der Waals surface area contributed by atoms with Crippen LogP contribution in [0.2, 0.25) is 0 Å². The summed E-state index contributed by atoms with van der Waals surface area (Å²) in [4.78, 5) is 19.2. The Morgan fingerprint density at radius 2 is 1.89 bits per heavy atom. The third-order valence-corrected chi connectivity index (χ3v) is 5.31. The van der Waals surface area contributed by atoms with Crippen molar-refractivity contribution >= 4 is 23.1 Å². The van der Waals surface area contributed by atoms with E-state index in [0.29, 0.717) is 11.6 Å². The fourth-order valence-corrected chi connectivity index (χ4v) is 3.19. The fraction of sp³-hybridized carbons (Fsp3) is 0.455. The van der Waals surface area contributed by atoms with Gasteiger partial charge in [0.1, 0.15) is 5.82 Å². The molecule has 0 radical (unpaired) electrons. The minimum Gasteiger partial charge on any atom is -0.372 e. The molecule has 2 aromatic rings. The van der Waals surface area contributed by atoms with Crippen LogP contribution in [0.4, 0.5) is 17.2 Å². The Kier molecular flexibility index (Phi) is 6.32. The zero-order valence-corrected chi connectivity index (χ0v) is 16.5. The van der Waals surface area contributed by atoms with Crippen LogP contribution in [-0.4, -0.2) is 30.0 Å². The smallest absolute Gasteiger partial charge is 0.257 e. The standard InChI is InChI=1S/C22H30N4O/c1-4-17(3)24-21-10-5-18(15-23-21)22(27)25-19-6-8-20(9-7-19)26-13-11-16(2)12-14-26/h5-10,15-17H,4,11-14H2,1-3H3,(H,23,24)(H,25,27). The van der Waals surface area contributed by atoms with E-state index in [0.717, 1.165) is 36.9 Å². The van der Waals surface area contributed by atoms with Crippen molar-refractivity contribution in [1.82, 2.24) is 4.98 Å². The van der Waals surface area contributed by atoms with Gasteiger partial charge in [-0.2, -0.15) is 0 Å². The molecule has 1 unspecified atom stereocenters. The molecule has 27 heavy (non-hydrogen) atoms. The SMILES string of the molecule is CCC(C)Nc1ccc(C(=O)Nc2ccc(N3CCC(C)CC3)cc2)cn1. The van der Waals surface area contributed by atoms with Gasteiger partial charge in [-0.25, -0.2) is 4.98 Å². The van der Waals surface area contributed by atoms with E-state index < -0.39 is 0 Å². The number of anilines is 3. The minimum atomic E-state index is -0.142. The Morgan fingerprint density at radius 1 is 1.19 bits per heavy atom. The molecule has 5 nitrogen and oxygen atoms in total. The zero-order valence-electron chi connectivity index (χ0n) is 16.5. The largest absolute Gasteiger partial charge is 0.372 e. The number of carbonyl (C=O) groups excluding carboxylic acids is 1. The molecule has 2 heterocycles. The van der Waals surface area contributed by atoms with Crippen LogP contribution in [0, 0.1) is 5.92 Å². The molecule has 1 aromatic carbocycles.